The highest BCUT2D eigenvalue weighted by Gasteiger charge is 2.14. The van der Waals surface area contributed by atoms with E-state index in [0.29, 0.717) is 28.4 Å². The molecule has 5 N–H and O–H groups in total. The Morgan fingerprint density at radius 3 is 2.18 bits per heavy atom. The molecule has 3 aromatic carbocycles. The summed E-state index contributed by atoms with van der Waals surface area (Å²) >= 11 is 0. The van der Waals surface area contributed by atoms with E-state index < -0.39 is 0 Å². The molecular weight excluding hydrogens is 354 g/mol. The summed E-state index contributed by atoms with van der Waals surface area (Å²) in [5, 5.41) is 2.81. The van der Waals surface area contributed by atoms with Crippen LogP contribution in [-0.2, 0) is 0 Å². The largest absolute Gasteiger partial charge is 0.493 e. The number of nitrogens with one attached hydrogen (secondary N) is 1. The number of hydrogen-bond donors (Lipinski definition) is 3. The van der Waals surface area contributed by atoms with Gasteiger partial charge in [-0.25, -0.2) is 0 Å². The van der Waals surface area contributed by atoms with E-state index in [-0.39, 0.29) is 11.9 Å². The van der Waals surface area contributed by atoms with Crippen molar-refractivity contribution in [3.63, 3.8) is 0 Å². The van der Waals surface area contributed by atoms with Crippen molar-refractivity contribution in [1.82, 2.24) is 0 Å². The fourth-order valence-electron chi connectivity index (χ4n) is 2.89. The maximum atomic E-state index is 12.4. The lowest BCUT2D eigenvalue weighted by molar-refractivity contribution is 0.102. The van der Waals surface area contributed by atoms with Gasteiger partial charge >= 0.3 is 0 Å². The van der Waals surface area contributed by atoms with Gasteiger partial charge in [-0.15, -0.1) is 0 Å². The molecular formula is C22H23N3O3. The van der Waals surface area contributed by atoms with E-state index in [2.05, 4.69) is 5.32 Å². The summed E-state index contributed by atoms with van der Waals surface area (Å²) in [6, 6.07) is 19.5. The molecule has 0 aliphatic carbocycles. The van der Waals surface area contributed by atoms with Gasteiger partial charge in [0.15, 0.2) is 11.5 Å². The number of ether oxygens (including phenoxy) is 2. The number of carbonyl (C=O) groups is 1. The van der Waals surface area contributed by atoms with Crippen molar-refractivity contribution < 1.29 is 14.3 Å². The summed E-state index contributed by atoms with van der Waals surface area (Å²) in [6.45, 7) is 0. The van der Waals surface area contributed by atoms with Gasteiger partial charge in [-0.2, -0.15) is 0 Å². The van der Waals surface area contributed by atoms with E-state index in [9.17, 15) is 4.79 Å². The predicted octanol–water partition coefficient (Wildman–Crippen LogP) is 3.59. The lowest BCUT2D eigenvalue weighted by atomic mass is 9.98. The van der Waals surface area contributed by atoms with E-state index >= 15 is 0 Å². The maximum absolute atomic E-state index is 12.4. The summed E-state index contributed by atoms with van der Waals surface area (Å²) < 4.78 is 10.6. The molecule has 0 saturated heterocycles. The van der Waals surface area contributed by atoms with Gasteiger partial charge in [0.05, 0.1) is 31.6 Å². The molecule has 0 heterocycles. The minimum absolute atomic E-state index is 0.232. The number of rotatable bonds is 6. The van der Waals surface area contributed by atoms with Crippen LogP contribution >= 0.6 is 0 Å². The topological polar surface area (TPSA) is 99.6 Å². The zero-order chi connectivity index (χ0) is 20.1. The van der Waals surface area contributed by atoms with Gasteiger partial charge in [-0.1, -0.05) is 30.3 Å². The highest BCUT2D eigenvalue weighted by molar-refractivity contribution is 6.05. The number of amides is 1. The molecule has 3 aromatic rings. The maximum Gasteiger partial charge on any atom is 0.255 e. The molecule has 0 aliphatic heterocycles. The van der Waals surface area contributed by atoms with Crippen molar-refractivity contribution in [2.24, 2.45) is 5.73 Å². The zero-order valence-electron chi connectivity index (χ0n) is 15.8. The number of methoxy groups -OCH3 is 2. The number of nitrogen functional groups attached to an aromatic ring is 1. The van der Waals surface area contributed by atoms with Crippen molar-refractivity contribution in [3.05, 3.63) is 83.4 Å². The average Bonchev–Trinajstić information content (AvgIpc) is 2.74. The van der Waals surface area contributed by atoms with Crippen molar-refractivity contribution in [3.8, 4) is 11.5 Å². The van der Waals surface area contributed by atoms with Crippen LogP contribution in [0, 0.1) is 0 Å². The van der Waals surface area contributed by atoms with Gasteiger partial charge < -0.3 is 26.3 Å². The Kier molecular flexibility index (Phi) is 5.81. The van der Waals surface area contributed by atoms with Gasteiger partial charge in [0.25, 0.3) is 5.91 Å². The number of para-hydroxylation sites is 2. The first kappa shape index (κ1) is 19.3. The van der Waals surface area contributed by atoms with E-state index in [0.717, 1.165) is 11.1 Å². The Labute approximate surface area is 164 Å². The summed E-state index contributed by atoms with van der Waals surface area (Å²) in [5.74, 6) is 1.03. The normalized spacial score (nSPS) is 11.5. The molecule has 6 heteroatoms. The first-order chi connectivity index (χ1) is 13.5. The first-order valence-electron chi connectivity index (χ1n) is 8.76. The van der Waals surface area contributed by atoms with Crippen LogP contribution in [0.1, 0.15) is 27.5 Å². The van der Waals surface area contributed by atoms with Gasteiger partial charge in [0, 0.05) is 5.56 Å². The molecule has 144 valence electrons. The minimum Gasteiger partial charge on any atom is -0.493 e. The lowest BCUT2D eigenvalue weighted by Crippen LogP contribution is -2.15. The summed E-state index contributed by atoms with van der Waals surface area (Å²) in [6.07, 6.45) is 0. The highest BCUT2D eigenvalue weighted by Crippen LogP contribution is 2.31. The van der Waals surface area contributed by atoms with Crippen LogP contribution < -0.4 is 26.3 Å². The van der Waals surface area contributed by atoms with Crippen LogP contribution in [-0.4, -0.2) is 20.1 Å². The molecule has 28 heavy (non-hydrogen) atoms. The Morgan fingerprint density at radius 2 is 1.54 bits per heavy atom. The van der Waals surface area contributed by atoms with Crippen LogP contribution in [0.4, 0.5) is 11.4 Å². The molecule has 0 saturated carbocycles. The molecule has 1 unspecified atom stereocenters. The van der Waals surface area contributed by atoms with Crippen LogP contribution in [0.2, 0.25) is 0 Å². The summed E-state index contributed by atoms with van der Waals surface area (Å²) in [4.78, 5) is 12.4. The standard InChI is InChI=1S/C22H23N3O3/c1-27-19-12-11-16(13-20(19)28-2)21(24)14-7-9-15(10-8-14)22(26)25-18-6-4-3-5-17(18)23/h3-13,21H,23-24H2,1-2H3,(H,25,26). The second kappa shape index (κ2) is 8.45. The first-order valence-corrected chi connectivity index (χ1v) is 8.76. The van der Waals surface area contributed by atoms with Gasteiger partial charge in [-0.05, 0) is 47.5 Å². The molecule has 0 fully saturated rings. The van der Waals surface area contributed by atoms with Gasteiger partial charge in [0.2, 0.25) is 0 Å². The third-order valence-corrected chi connectivity index (χ3v) is 4.51. The Morgan fingerprint density at radius 1 is 0.893 bits per heavy atom. The second-order valence-corrected chi connectivity index (χ2v) is 6.26. The number of anilines is 2. The minimum atomic E-state index is -0.360. The molecule has 0 spiro atoms. The number of carbonyl (C=O) groups excluding carboxylic acids is 1. The highest BCUT2D eigenvalue weighted by atomic mass is 16.5. The Bertz CT molecular complexity index is 971. The smallest absolute Gasteiger partial charge is 0.255 e. The third-order valence-electron chi connectivity index (χ3n) is 4.51. The number of hydrogen-bond acceptors (Lipinski definition) is 5. The lowest BCUT2D eigenvalue weighted by Gasteiger charge is -2.16. The van der Waals surface area contributed by atoms with Crippen LogP contribution in [0.3, 0.4) is 0 Å². The fraction of sp³-hybridized carbons (Fsp3) is 0.136. The van der Waals surface area contributed by atoms with Crippen LogP contribution in [0.5, 0.6) is 11.5 Å². The molecule has 0 aliphatic rings. The monoisotopic (exact) mass is 377 g/mol. The summed E-state index contributed by atoms with van der Waals surface area (Å²) in [7, 11) is 3.17. The number of benzene rings is 3. The number of nitrogens with two attached hydrogens (primary N) is 2. The SMILES string of the molecule is COc1ccc(C(N)c2ccc(C(=O)Nc3ccccc3N)cc2)cc1OC. The third kappa shape index (κ3) is 4.07. The Hall–Kier alpha value is -3.51. The fourth-order valence-corrected chi connectivity index (χ4v) is 2.89. The van der Waals surface area contributed by atoms with Crippen molar-refractivity contribution >= 4 is 17.3 Å². The quantitative estimate of drug-likeness (QED) is 0.570. The van der Waals surface area contributed by atoms with E-state index in [1.165, 1.54) is 0 Å². The Balaban J connectivity index is 1.76. The van der Waals surface area contributed by atoms with Crippen LogP contribution in [0.25, 0.3) is 0 Å². The van der Waals surface area contributed by atoms with Crippen LogP contribution in [0.15, 0.2) is 66.7 Å². The average molecular weight is 377 g/mol. The van der Waals surface area contributed by atoms with Crippen molar-refractivity contribution in [2.75, 3.05) is 25.3 Å². The molecule has 1 atom stereocenters. The molecule has 0 aromatic heterocycles. The molecule has 0 radical (unpaired) electrons. The zero-order valence-corrected chi connectivity index (χ0v) is 15.8. The van der Waals surface area contributed by atoms with E-state index in [4.69, 9.17) is 20.9 Å². The molecule has 1 amide bonds. The van der Waals surface area contributed by atoms with Gasteiger partial charge in [-0.3, -0.25) is 4.79 Å². The molecule has 0 bridgehead atoms. The second-order valence-electron chi connectivity index (χ2n) is 6.26. The predicted molar refractivity (Wildman–Crippen MR) is 111 cm³/mol. The van der Waals surface area contributed by atoms with E-state index in [1.54, 1.807) is 38.5 Å². The molecule has 6 nitrogen and oxygen atoms in total. The van der Waals surface area contributed by atoms with Crippen molar-refractivity contribution in [2.45, 2.75) is 6.04 Å². The van der Waals surface area contributed by atoms with Crippen molar-refractivity contribution in [1.29, 1.82) is 0 Å². The van der Waals surface area contributed by atoms with E-state index in [1.807, 2.05) is 42.5 Å². The molecule has 3 rings (SSSR count). The summed E-state index contributed by atoms with van der Waals surface area (Å²) in [5.41, 5.74) is 15.6. The van der Waals surface area contributed by atoms with Gasteiger partial charge in [0.1, 0.15) is 0 Å².